The van der Waals surface area contributed by atoms with E-state index in [9.17, 15) is 0 Å². The van der Waals surface area contributed by atoms with E-state index in [1.54, 1.807) is 0 Å². The second kappa shape index (κ2) is 7.14. The largest absolute Gasteiger partial charge is 0.488 e. The van der Waals surface area contributed by atoms with Crippen LogP contribution in [0.4, 0.5) is 5.69 Å². The lowest BCUT2D eigenvalue weighted by Gasteiger charge is -2.26. The minimum absolute atomic E-state index is 0.218. The highest BCUT2D eigenvalue weighted by Crippen LogP contribution is 2.24. The van der Waals surface area contributed by atoms with Crippen LogP contribution in [0, 0.1) is 5.92 Å². The molecule has 0 bridgehead atoms. The van der Waals surface area contributed by atoms with Gasteiger partial charge in [-0.3, -0.25) is 0 Å². The van der Waals surface area contributed by atoms with Gasteiger partial charge >= 0.3 is 0 Å². The standard InChI is InChI=1S/C17H26N2O2/c18-14-3-1-13(2-4-14)11-19-15-5-7-16(8-6-15)21-17-9-10-20-12-17/h5-8,13-14,17,19H,1-4,9-12,18H2. The molecule has 3 rings (SSSR count). The normalized spacial score (nSPS) is 29.3. The first-order valence-corrected chi connectivity index (χ1v) is 8.13. The summed E-state index contributed by atoms with van der Waals surface area (Å²) in [6.07, 6.45) is 6.04. The minimum Gasteiger partial charge on any atom is -0.488 e. The summed E-state index contributed by atoms with van der Waals surface area (Å²) in [5, 5.41) is 3.53. The summed E-state index contributed by atoms with van der Waals surface area (Å²) in [6, 6.07) is 8.70. The Hall–Kier alpha value is -1.26. The molecular formula is C17H26N2O2. The maximum atomic E-state index is 5.94. The zero-order valence-electron chi connectivity index (χ0n) is 12.6. The van der Waals surface area contributed by atoms with Crippen molar-refractivity contribution < 1.29 is 9.47 Å². The van der Waals surface area contributed by atoms with E-state index in [1.165, 1.54) is 31.4 Å². The van der Waals surface area contributed by atoms with Gasteiger partial charge in [-0.25, -0.2) is 0 Å². The van der Waals surface area contributed by atoms with Crippen molar-refractivity contribution in [3.05, 3.63) is 24.3 Å². The van der Waals surface area contributed by atoms with Gasteiger partial charge in [0.05, 0.1) is 13.2 Å². The molecule has 0 amide bonds. The third-order valence-corrected chi connectivity index (χ3v) is 4.53. The Morgan fingerprint density at radius 1 is 1.10 bits per heavy atom. The molecule has 1 saturated carbocycles. The number of ether oxygens (including phenoxy) is 2. The molecule has 1 aliphatic carbocycles. The van der Waals surface area contributed by atoms with E-state index in [1.807, 2.05) is 12.1 Å². The summed E-state index contributed by atoms with van der Waals surface area (Å²) in [5.41, 5.74) is 7.11. The molecule has 3 N–H and O–H groups in total. The average molecular weight is 290 g/mol. The summed E-state index contributed by atoms with van der Waals surface area (Å²) in [4.78, 5) is 0. The third kappa shape index (κ3) is 4.35. The predicted molar refractivity (Wildman–Crippen MR) is 84.7 cm³/mol. The maximum absolute atomic E-state index is 5.94. The average Bonchev–Trinajstić information content (AvgIpc) is 3.01. The highest BCUT2D eigenvalue weighted by molar-refractivity contribution is 5.46. The monoisotopic (exact) mass is 290 g/mol. The molecule has 0 aromatic heterocycles. The van der Waals surface area contributed by atoms with E-state index in [2.05, 4.69) is 17.4 Å². The quantitative estimate of drug-likeness (QED) is 0.875. The molecule has 1 heterocycles. The molecule has 0 spiro atoms. The zero-order chi connectivity index (χ0) is 14.5. The van der Waals surface area contributed by atoms with Crippen LogP contribution in [0.3, 0.4) is 0 Å². The van der Waals surface area contributed by atoms with E-state index in [0.29, 0.717) is 12.6 Å². The molecule has 1 atom stereocenters. The molecular weight excluding hydrogens is 264 g/mol. The van der Waals surface area contributed by atoms with Crippen molar-refractivity contribution in [1.82, 2.24) is 0 Å². The number of hydrogen-bond acceptors (Lipinski definition) is 4. The molecule has 1 aromatic rings. The van der Waals surface area contributed by atoms with Crippen molar-refractivity contribution in [1.29, 1.82) is 0 Å². The van der Waals surface area contributed by atoms with Gasteiger partial charge in [-0.15, -0.1) is 0 Å². The number of anilines is 1. The lowest BCUT2D eigenvalue weighted by molar-refractivity contribution is 0.141. The molecule has 0 radical (unpaired) electrons. The SMILES string of the molecule is NC1CCC(CNc2ccc(OC3CCOC3)cc2)CC1. The van der Waals surface area contributed by atoms with Crippen molar-refractivity contribution in [2.75, 3.05) is 25.1 Å². The number of hydrogen-bond donors (Lipinski definition) is 2. The van der Waals surface area contributed by atoms with E-state index in [-0.39, 0.29) is 6.10 Å². The molecule has 116 valence electrons. The Morgan fingerprint density at radius 2 is 1.86 bits per heavy atom. The first-order valence-electron chi connectivity index (χ1n) is 8.13. The number of nitrogens with two attached hydrogens (primary N) is 1. The van der Waals surface area contributed by atoms with Crippen LogP contribution in [-0.2, 0) is 4.74 Å². The number of rotatable bonds is 5. The van der Waals surface area contributed by atoms with Gasteiger partial charge in [0.25, 0.3) is 0 Å². The van der Waals surface area contributed by atoms with Crippen LogP contribution in [0.2, 0.25) is 0 Å². The second-order valence-electron chi connectivity index (χ2n) is 6.29. The topological polar surface area (TPSA) is 56.5 Å². The highest BCUT2D eigenvalue weighted by Gasteiger charge is 2.18. The van der Waals surface area contributed by atoms with Crippen LogP contribution >= 0.6 is 0 Å². The zero-order valence-corrected chi connectivity index (χ0v) is 12.6. The molecule has 2 fully saturated rings. The molecule has 4 heteroatoms. The highest BCUT2D eigenvalue weighted by atomic mass is 16.5. The van der Waals surface area contributed by atoms with Crippen LogP contribution in [0.15, 0.2) is 24.3 Å². The Bertz CT molecular complexity index is 421. The van der Waals surface area contributed by atoms with Crippen molar-refractivity contribution in [2.45, 2.75) is 44.2 Å². The number of nitrogens with one attached hydrogen (secondary N) is 1. The van der Waals surface area contributed by atoms with Gasteiger partial charge in [0, 0.05) is 24.7 Å². The summed E-state index contributed by atoms with van der Waals surface area (Å²) in [7, 11) is 0. The van der Waals surface area contributed by atoms with Crippen LogP contribution < -0.4 is 15.8 Å². The maximum Gasteiger partial charge on any atom is 0.124 e. The first-order chi connectivity index (χ1) is 10.3. The van der Waals surface area contributed by atoms with E-state index in [4.69, 9.17) is 15.2 Å². The Kier molecular flexibility index (Phi) is 4.99. The summed E-state index contributed by atoms with van der Waals surface area (Å²) in [6.45, 7) is 2.57. The van der Waals surface area contributed by atoms with Gasteiger partial charge in [-0.05, 0) is 55.9 Å². The van der Waals surface area contributed by atoms with Crippen molar-refractivity contribution >= 4 is 5.69 Å². The lowest BCUT2D eigenvalue weighted by Crippen LogP contribution is -2.29. The minimum atomic E-state index is 0.218. The van der Waals surface area contributed by atoms with Crippen LogP contribution in [-0.4, -0.2) is 31.9 Å². The molecule has 1 unspecified atom stereocenters. The van der Waals surface area contributed by atoms with Gasteiger partial charge in [-0.1, -0.05) is 0 Å². The smallest absolute Gasteiger partial charge is 0.124 e. The Labute approximate surface area is 127 Å². The van der Waals surface area contributed by atoms with Crippen molar-refractivity contribution in [3.8, 4) is 5.75 Å². The molecule has 1 aliphatic heterocycles. The van der Waals surface area contributed by atoms with E-state index >= 15 is 0 Å². The van der Waals surface area contributed by atoms with E-state index < -0.39 is 0 Å². The fraction of sp³-hybridized carbons (Fsp3) is 0.647. The molecule has 2 aliphatic rings. The van der Waals surface area contributed by atoms with Crippen molar-refractivity contribution in [3.63, 3.8) is 0 Å². The van der Waals surface area contributed by atoms with Crippen LogP contribution in [0.25, 0.3) is 0 Å². The van der Waals surface area contributed by atoms with Gasteiger partial charge in [0.1, 0.15) is 11.9 Å². The molecule has 1 saturated heterocycles. The Balaban J connectivity index is 1.43. The molecule has 1 aromatic carbocycles. The fourth-order valence-electron chi connectivity index (χ4n) is 3.10. The summed E-state index contributed by atoms with van der Waals surface area (Å²) in [5.74, 6) is 1.69. The fourth-order valence-corrected chi connectivity index (χ4v) is 3.10. The lowest BCUT2D eigenvalue weighted by atomic mass is 9.86. The van der Waals surface area contributed by atoms with Gasteiger partial charge in [-0.2, -0.15) is 0 Å². The molecule has 4 nitrogen and oxygen atoms in total. The van der Waals surface area contributed by atoms with Crippen molar-refractivity contribution in [2.24, 2.45) is 11.7 Å². The Morgan fingerprint density at radius 3 is 2.52 bits per heavy atom. The van der Waals surface area contributed by atoms with Crippen LogP contribution in [0.1, 0.15) is 32.1 Å². The van der Waals surface area contributed by atoms with E-state index in [0.717, 1.165) is 31.2 Å². The molecule has 21 heavy (non-hydrogen) atoms. The first kappa shape index (κ1) is 14.7. The second-order valence-corrected chi connectivity index (χ2v) is 6.29. The predicted octanol–water partition coefficient (Wildman–Crippen LogP) is 2.78. The van der Waals surface area contributed by atoms with Gasteiger partial charge in [0.15, 0.2) is 0 Å². The third-order valence-electron chi connectivity index (χ3n) is 4.53. The van der Waals surface area contributed by atoms with Gasteiger partial charge < -0.3 is 20.5 Å². The van der Waals surface area contributed by atoms with Crippen LogP contribution in [0.5, 0.6) is 5.75 Å². The summed E-state index contributed by atoms with van der Waals surface area (Å²) < 4.78 is 11.2. The summed E-state index contributed by atoms with van der Waals surface area (Å²) >= 11 is 0. The van der Waals surface area contributed by atoms with Gasteiger partial charge in [0.2, 0.25) is 0 Å². The number of benzene rings is 1.